The first kappa shape index (κ1) is 11.7. The Hall–Kier alpha value is -1.39. The van der Waals surface area contributed by atoms with Crippen molar-refractivity contribution in [1.82, 2.24) is 19.6 Å². The number of fused-ring (bicyclic) bond motifs is 1. The van der Waals surface area contributed by atoms with Gasteiger partial charge in [0.1, 0.15) is 0 Å². The SMILES string of the molecule is CN1CCN(Cc2ccc3c(cnn3C)c2)CC1. The summed E-state index contributed by atoms with van der Waals surface area (Å²) < 4.78 is 1.93. The number of aryl methyl sites for hydroxylation is 1. The fourth-order valence-corrected chi connectivity index (χ4v) is 2.58. The third-order valence-electron chi connectivity index (χ3n) is 3.81. The number of benzene rings is 1. The fourth-order valence-electron chi connectivity index (χ4n) is 2.58. The van der Waals surface area contributed by atoms with E-state index in [0.29, 0.717) is 0 Å². The maximum atomic E-state index is 4.29. The van der Waals surface area contributed by atoms with Crippen molar-refractivity contribution in [2.45, 2.75) is 6.54 Å². The van der Waals surface area contributed by atoms with Crippen LogP contribution in [0.3, 0.4) is 0 Å². The molecule has 0 aliphatic carbocycles. The van der Waals surface area contributed by atoms with E-state index in [1.54, 1.807) is 0 Å². The molecule has 1 fully saturated rings. The summed E-state index contributed by atoms with van der Waals surface area (Å²) in [5.74, 6) is 0. The number of nitrogens with zero attached hydrogens (tertiary/aromatic N) is 4. The number of aromatic nitrogens is 2. The molecule has 18 heavy (non-hydrogen) atoms. The summed E-state index contributed by atoms with van der Waals surface area (Å²) in [6.07, 6.45) is 1.95. The van der Waals surface area contributed by atoms with E-state index in [9.17, 15) is 0 Å². The van der Waals surface area contributed by atoms with Crippen molar-refractivity contribution in [2.75, 3.05) is 33.2 Å². The molecule has 0 atom stereocenters. The van der Waals surface area contributed by atoms with Crippen LogP contribution in [0.25, 0.3) is 10.9 Å². The zero-order valence-corrected chi connectivity index (χ0v) is 11.1. The van der Waals surface area contributed by atoms with Crippen LogP contribution in [-0.2, 0) is 13.6 Å². The number of likely N-dealkylation sites (N-methyl/N-ethyl adjacent to an activating group) is 1. The Labute approximate surface area is 108 Å². The predicted octanol–water partition coefficient (Wildman–Crippen LogP) is 1.32. The summed E-state index contributed by atoms with van der Waals surface area (Å²) in [6.45, 7) is 5.74. The topological polar surface area (TPSA) is 24.3 Å². The molecule has 0 spiro atoms. The van der Waals surface area contributed by atoms with Crippen LogP contribution in [0.2, 0.25) is 0 Å². The molecule has 1 aromatic heterocycles. The van der Waals surface area contributed by atoms with Gasteiger partial charge in [-0.05, 0) is 24.7 Å². The molecule has 0 saturated carbocycles. The van der Waals surface area contributed by atoms with Crippen molar-refractivity contribution in [2.24, 2.45) is 7.05 Å². The van der Waals surface area contributed by atoms with Gasteiger partial charge >= 0.3 is 0 Å². The summed E-state index contributed by atoms with van der Waals surface area (Å²) in [7, 11) is 4.18. The lowest BCUT2D eigenvalue weighted by atomic mass is 10.1. The number of rotatable bonds is 2. The summed E-state index contributed by atoms with van der Waals surface area (Å²) in [5, 5.41) is 5.53. The van der Waals surface area contributed by atoms with Crippen molar-refractivity contribution in [3.63, 3.8) is 0 Å². The van der Waals surface area contributed by atoms with Gasteiger partial charge in [0, 0.05) is 45.2 Å². The molecular formula is C14H20N4. The smallest absolute Gasteiger partial charge is 0.0679 e. The van der Waals surface area contributed by atoms with E-state index in [1.165, 1.54) is 42.6 Å². The third-order valence-corrected chi connectivity index (χ3v) is 3.81. The maximum absolute atomic E-state index is 4.29. The average molecular weight is 244 g/mol. The van der Waals surface area contributed by atoms with E-state index in [-0.39, 0.29) is 0 Å². The van der Waals surface area contributed by atoms with Crippen LogP contribution in [0.5, 0.6) is 0 Å². The highest BCUT2D eigenvalue weighted by Crippen LogP contribution is 2.16. The molecule has 3 rings (SSSR count). The molecule has 4 nitrogen and oxygen atoms in total. The van der Waals surface area contributed by atoms with Gasteiger partial charge in [0.15, 0.2) is 0 Å². The Morgan fingerprint density at radius 3 is 2.67 bits per heavy atom. The minimum Gasteiger partial charge on any atom is -0.304 e. The van der Waals surface area contributed by atoms with Crippen molar-refractivity contribution in [3.05, 3.63) is 30.0 Å². The molecule has 1 aliphatic heterocycles. The van der Waals surface area contributed by atoms with Gasteiger partial charge in [-0.1, -0.05) is 6.07 Å². The maximum Gasteiger partial charge on any atom is 0.0679 e. The van der Waals surface area contributed by atoms with E-state index in [1.807, 2.05) is 17.9 Å². The van der Waals surface area contributed by atoms with Crippen LogP contribution < -0.4 is 0 Å². The van der Waals surface area contributed by atoms with E-state index < -0.39 is 0 Å². The lowest BCUT2D eigenvalue weighted by molar-refractivity contribution is 0.148. The average Bonchev–Trinajstić information content (AvgIpc) is 2.74. The fraction of sp³-hybridized carbons (Fsp3) is 0.500. The second-order valence-corrected chi connectivity index (χ2v) is 5.24. The van der Waals surface area contributed by atoms with Crippen LogP contribution in [0.4, 0.5) is 0 Å². The minimum atomic E-state index is 1.05. The minimum absolute atomic E-state index is 1.05. The molecule has 2 heterocycles. The highest BCUT2D eigenvalue weighted by atomic mass is 15.3. The van der Waals surface area contributed by atoms with Gasteiger partial charge in [0.05, 0.1) is 11.7 Å². The normalized spacial score (nSPS) is 18.6. The highest BCUT2D eigenvalue weighted by Gasteiger charge is 2.14. The van der Waals surface area contributed by atoms with Gasteiger partial charge in [0.25, 0.3) is 0 Å². The van der Waals surface area contributed by atoms with Gasteiger partial charge in [-0.25, -0.2) is 0 Å². The summed E-state index contributed by atoms with van der Waals surface area (Å²) in [6, 6.07) is 6.66. The van der Waals surface area contributed by atoms with Crippen LogP contribution in [0.15, 0.2) is 24.4 Å². The van der Waals surface area contributed by atoms with Gasteiger partial charge < -0.3 is 4.90 Å². The Morgan fingerprint density at radius 2 is 1.89 bits per heavy atom. The van der Waals surface area contributed by atoms with Crippen LogP contribution in [0.1, 0.15) is 5.56 Å². The van der Waals surface area contributed by atoms with Crippen LogP contribution in [0, 0.1) is 0 Å². The predicted molar refractivity (Wildman–Crippen MR) is 73.5 cm³/mol. The third kappa shape index (κ3) is 2.26. The summed E-state index contributed by atoms with van der Waals surface area (Å²) in [5.41, 5.74) is 2.59. The van der Waals surface area contributed by atoms with Crippen LogP contribution in [-0.4, -0.2) is 52.8 Å². The first-order chi connectivity index (χ1) is 8.72. The molecule has 4 heteroatoms. The molecule has 2 aromatic rings. The Kier molecular flexibility index (Phi) is 3.06. The molecule has 0 bridgehead atoms. The second-order valence-electron chi connectivity index (χ2n) is 5.24. The van der Waals surface area contributed by atoms with E-state index in [4.69, 9.17) is 0 Å². The molecule has 1 aromatic carbocycles. The van der Waals surface area contributed by atoms with Gasteiger partial charge in [0.2, 0.25) is 0 Å². The van der Waals surface area contributed by atoms with Crippen molar-refractivity contribution in [3.8, 4) is 0 Å². The van der Waals surface area contributed by atoms with Crippen LogP contribution >= 0.6 is 0 Å². The monoisotopic (exact) mass is 244 g/mol. The number of hydrogen-bond donors (Lipinski definition) is 0. The molecule has 0 unspecified atom stereocenters. The number of piperazine rings is 1. The lowest BCUT2D eigenvalue weighted by Gasteiger charge is -2.32. The zero-order valence-electron chi connectivity index (χ0n) is 11.1. The lowest BCUT2D eigenvalue weighted by Crippen LogP contribution is -2.43. The molecule has 0 amide bonds. The highest BCUT2D eigenvalue weighted by molar-refractivity contribution is 5.79. The Bertz CT molecular complexity index is 538. The second kappa shape index (κ2) is 4.71. The zero-order chi connectivity index (χ0) is 12.5. The molecular weight excluding hydrogens is 224 g/mol. The van der Waals surface area contributed by atoms with Crippen molar-refractivity contribution in [1.29, 1.82) is 0 Å². The van der Waals surface area contributed by atoms with Gasteiger partial charge in [-0.3, -0.25) is 9.58 Å². The molecule has 0 radical (unpaired) electrons. The Morgan fingerprint density at radius 1 is 1.11 bits per heavy atom. The first-order valence-corrected chi connectivity index (χ1v) is 6.54. The quantitative estimate of drug-likeness (QED) is 0.796. The molecule has 96 valence electrons. The Balaban J connectivity index is 1.74. The summed E-state index contributed by atoms with van der Waals surface area (Å²) in [4.78, 5) is 4.92. The van der Waals surface area contributed by atoms with E-state index >= 15 is 0 Å². The van der Waals surface area contributed by atoms with Crippen molar-refractivity contribution < 1.29 is 0 Å². The largest absolute Gasteiger partial charge is 0.304 e. The first-order valence-electron chi connectivity index (χ1n) is 6.54. The summed E-state index contributed by atoms with van der Waals surface area (Å²) >= 11 is 0. The molecule has 0 N–H and O–H groups in total. The van der Waals surface area contributed by atoms with Crippen molar-refractivity contribution >= 4 is 10.9 Å². The molecule has 1 saturated heterocycles. The number of hydrogen-bond acceptors (Lipinski definition) is 3. The standard InChI is InChI=1S/C14H20N4/c1-16-5-7-18(8-6-16)11-12-3-4-14-13(9-12)10-15-17(14)2/h3-4,9-10H,5-8,11H2,1-2H3. The van der Waals surface area contributed by atoms with E-state index in [0.717, 1.165) is 6.54 Å². The molecule has 1 aliphatic rings. The van der Waals surface area contributed by atoms with E-state index in [2.05, 4.69) is 40.1 Å². The van der Waals surface area contributed by atoms with Gasteiger partial charge in [-0.2, -0.15) is 5.10 Å². The van der Waals surface area contributed by atoms with Gasteiger partial charge in [-0.15, -0.1) is 0 Å².